The summed E-state index contributed by atoms with van der Waals surface area (Å²) in [7, 11) is 0. The van der Waals surface area contributed by atoms with Gasteiger partial charge in [-0.05, 0) is 12.5 Å². The van der Waals surface area contributed by atoms with Crippen LogP contribution in [0.5, 0.6) is 5.75 Å². The summed E-state index contributed by atoms with van der Waals surface area (Å²) >= 11 is 0. The van der Waals surface area contributed by atoms with E-state index in [2.05, 4.69) is 10.1 Å². The van der Waals surface area contributed by atoms with Gasteiger partial charge < -0.3 is 14.4 Å². The average molecular weight is 293 g/mol. The van der Waals surface area contributed by atoms with E-state index in [1.165, 1.54) is 18.2 Å². The van der Waals surface area contributed by atoms with Gasteiger partial charge in [0.05, 0.1) is 11.5 Å². The van der Waals surface area contributed by atoms with Crippen molar-refractivity contribution in [1.82, 2.24) is 10.1 Å². The van der Waals surface area contributed by atoms with Crippen LogP contribution in [0, 0.1) is 10.1 Å². The molecule has 2 aromatic rings. The van der Waals surface area contributed by atoms with Crippen molar-refractivity contribution in [2.24, 2.45) is 0 Å². The van der Waals surface area contributed by atoms with Crippen LogP contribution in [0.1, 0.15) is 30.6 Å². The normalized spacial score (nSPS) is 10.6. The summed E-state index contributed by atoms with van der Waals surface area (Å²) in [6, 6.07) is 4.03. The van der Waals surface area contributed by atoms with E-state index in [0.29, 0.717) is 29.4 Å². The van der Waals surface area contributed by atoms with Gasteiger partial charge in [0, 0.05) is 24.1 Å². The molecule has 8 heteroatoms. The number of hydrogen-bond acceptors (Lipinski definition) is 7. The molecule has 0 atom stereocenters. The Labute approximate surface area is 120 Å². The second-order valence-electron chi connectivity index (χ2n) is 4.35. The van der Waals surface area contributed by atoms with Crippen LogP contribution < -0.4 is 4.74 Å². The monoisotopic (exact) mass is 293 g/mol. The van der Waals surface area contributed by atoms with E-state index in [0.717, 1.165) is 6.42 Å². The van der Waals surface area contributed by atoms with Crippen LogP contribution in [0.4, 0.5) is 5.69 Å². The van der Waals surface area contributed by atoms with Gasteiger partial charge in [-0.25, -0.2) is 0 Å². The maximum atomic E-state index is 10.7. The Hall–Kier alpha value is -2.48. The Morgan fingerprint density at radius 2 is 2.29 bits per heavy atom. The second kappa shape index (κ2) is 6.80. The molecule has 0 radical (unpaired) electrons. The Morgan fingerprint density at radius 3 is 2.95 bits per heavy atom. The van der Waals surface area contributed by atoms with E-state index >= 15 is 0 Å². The van der Waals surface area contributed by atoms with Gasteiger partial charge in [0.1, 0.15) is 5.75 Å². The van der Waals surface area contributed by atoms with E-state index in [4.69, 9.17) is 9.26 Å². The fourth-order valence-corrected chi connectivity index (χ4v) is 1.75. The molecule has 1 N–H and O–H groups in total. The molecule has 1 aromatic carbocycles. The Kier molecular flexibility index (Phi) is 4.83. The maximum Gasteiger partial charge on any atom is 0.270 e. The van der Waals surface area contributed by atoms with Crippen LogP contribution in [-0.4, -0.2) is 20.2 Å². The lowest BCUT2D eigenvalue weighted by Crippen LogP contribution is -2.01. The van der Waals surface area contributed by atoms with Gasteiger partial charge >= 0.3 is 0 Å². The number of hydrogen-bond donors (Lipinski definition) is 1. The van der Waals surface area contributed by atoms with E-state index in [1.54, 1.807) is 0 Å². The molecule has 0 fully saturated rings. The highest BCUT2D eigenvalue weighted by Gasteiger charge is 2.12. The minimum Gasteiger partial charge on any atom is -0.485 e. The summed E-state index contributed by atoms with van der Waals surface area (Å²) in [6.07, 6.45) is 1.60. The number of rotatable bonds is 7. The maximum absolute atomic E-state index is 10.7. The predicted octanol–water partition coefficient (Wildman–Crippen LogP) is 2.00. The van der Waals surface area contributed by atoms with Gasteiger partial charge in [0.25, 0.3) is 5.69 Å². The number of nitro groups is 1. The SMILES string of the molecule is CCCc1nc(COc2ccc([N+](=O)[O-])cc2CO)no1. The molecular formula is C13H15N3O5. The summed E-state index contributed by atoms with van der Waals surface area (Å²) in [6.45, 7) is 1.72. The molecule has 0 aliphatic heterocycles. The van der Waals surface area contributed by atoms with Crippen molar-refractivity contribution in [2.45, 2.75) is 33.0 Å². The first-order valence-corrected chi connectivity index (χ1v) is 6.46. The summed E-state index contributed by atoms with van der Waals surface area (Å²) < 4.78 is 10.5. The summed E-state index contributed by atoms with van der Waals surface area (Å²) in [5.41, 5.74) is 0.234. The molecule has 0 saturated carbocycles. The molecule has 0 unspecified atom stereocenters. The standard InChI is InChI=1S/C13H15N3O5/c1-2-3-13-14-12(15-21-13)8-20-11-5-4-10(16(18)19)6-9(11)7-17/h4-6,17H,2-3,7-8H2,1H3. The van der Waals surface area contributed by atoms with E-state index in [9.17, 15) is 15.2 Å². The Balaban J connectivity index is 2.06. The van der Waals surface area contributed by atoms with Crippen LogP contribution in [0.25, 0.3) is 0 Å². The third kappa shape index (κ3) is 3.76. The largest absolute Gasteiger partial charge is 0.485 e. The number of benzene rings is 1. The molecule has 0 amide bonds. The van der Waals surface area contributed by atoms with Gasteiger partial charge in [-0.15, -0.1) is 0 Å². The molecule has 0 aliphatic rings. The number of nitrogens with zero attached hydrogens (tertiary/aromatic N) is 3. The second-order valence-corrected chi connectivity index (χ2v) is 4.35. The van der Waals surface area contributed by atoms with Crippen molar-refractivity contribution >= 4 is 5.69 Å². The Bertz CT molecular complexity index is 626. The smallest absolute Gasteiger partial charge is 0.270 e. The highest BCUT2D eigenvalue weighted by molar-refractivity contribution is 5.43. The fraction of sp³-hybridized carbons (Fsp3) is 0.385. The third-order valence-electron chi connectivity index (χ3n) is 2.76. The first-order chi connectivity index (χ1) is 10.1. The van der Waals surface area contributed by atoms with Crippen LogP contribution >= 0.6 is 0 Å². The van der Waals surface area contributed by atoms with Crippen LogP contribution in [-0.2, 0) is 19.6 Å². The summed E-state index contributed by atoms with van der Waals surface area (Å²) in [4.78, 5) is 14.3. The van der Waals surface area contributed by atoms with Gasteiger partial charge in [-0.2, -0.15) is 4.98 Å². The van der Waals surface area contributed by atoms with Crippen LogP contribution in [0.2, 0.25) is 0 Å². The minimum absolute atomic E-state index is 0.0675. The molecule has 0 spiro atoms. The molecule has 1 heterocycles. The molecular weight excluding hydrogens is 278 g/mol. The van der Waals surface area contributed by atoms with Gasteiger partial charge in [-0.1, -0.05) is 12.1 Å². The van der Waals surface area contributed by atoms with E-state index < -0.39 is 4.92 Å². The first kappa shape index (κ1) is 14.9. The highest BCUT2D eigenvalue weighted by Crippen LogP contribution is 2.24. The van der Waals surface area contributed by atoms with E-state index in [1.807, 2.05) is 6.92 Å². The molecule has 21 heavy (non-hydrogen) atoms. The highest BCUT2D eigenvalue weighted by atomic mass is 16.6. The number of aliphatic hydroxyl groups is 1. The van der Waals surface area contributed by atoms with Crippen molar-refractivity contribution in [1.29, 1.82) is 0 Å². The number of ether oxygens (including phenoxy) is 1. The number of aromatic nitrogens is 2. The molecule has 8 nitrogen and oxygen atoms in total. The quantitative estimate of drug-likeness (QED) is 0.613. The average Bonchev–Trinajstić information content (AvgIpc) is 2.93. The van der Waals surface area contributed by atoms with E-state index in [-0.39, 0.29) is 18.9 Å². The van der Waals surface area contributed by atoms with Gasteiger partial charge in [0.2, 0.25) is 11.7 Å². The number of aryl methyl sites for hydroxylation is 1. The minimum atomic E-state index is -0.529. The summed E-state index contributed by atoms with van der Waals surface area (Å²) in [5.74, 6) is 1.29. The Morgan fingerprint density at radius 1 is 1.48 bits per heavy atom. The zero-order valence-electron chi connectivity index (χ0n) is 11.5. The zero-order chi connectivity index (χ0) is 15.2. The van der Waals surface area contributed by atoms with Crippen molar-refractivity contribution in [2.75, 3.05) is 0 Å². The number of non-ortho nitro benzene ring substituents is 1. The predicted molar refractivity (Wildman–Crippen MR) is 71.6 cm³/mol. The molecule has 112 valence electrons. The van der Waals surface area contributed by atoms with Crippen molar-refractivity contribution in [3.05, 3.63) is 45.6 Å². The first-order valence-electron chi connectivity index (χ1n) is 6.46. The van der Waals surface area contributed by atoms with Crippen LogP contribution in [0.15, 0.2) is 22.7 Å². The number of aliphatic hydroxyl groups excluding tert-OH is 1. The number of nitro benzene ring substituents is 1. The molecule has 0 saturated heterocycles. The topological polar surface area (TPSA) is 112 Å². The van der Waals surface area contributed by atoms with Crippen molar-refractivity contribution < 1.29 is 19.3 Å². The van der Waals surface area contributed by atoms with Crippen molar-refractivity contribution in [3.63, 3.8) is 0 Å². The van der Waals surface area contributed by atoms with Crippen LogP contribution in [0.3, 0.4) is 0 Å². The molecule has 2 rings (SSSR count). The third-order valence-corrected chi connectivity index (χ3v) is 2.76. The molecule has 0 bridgehead atoms. The lowest BCUT2D eigenvalue weighted by molar-refractivity contribution is -0.385. The molecule has 1 aromatic heterocycles. The van der Waals surface area contributed by atoms with Crippen molar-refractivity contribution in [3.8, 4) is 5.75 Å². The van der Waals surface area contributed by atoms with Gasteiger partial charge in [0.15, 0.2) is 6.61 Å². The lowest BCUT2D eigenvalue weighted by atomic mass is 10.2. The van der Waals surface area contributed by atoms with Gasteiger partial charge in [-0.3, -0.25) is 10.1 Å². The summed E-state index contributed by atoms with van der Waals surface area (Å²) in [5, 5.41) is 23.7. The zero-order valence-corrected chi connectivity index (χ0v) is 11.5. The fourth-order valence-electron chi connectivity index (χ4n) is 1.75. The molecule has 0 aliphatic carbocycles. The lowest BCUT2D eigenvalue weighted by Gasteiger charge is -2.07.